The Balaban J connectivity index is 2.75. The third-order valence-electron chi connectivity index (χ3n) is 2.01. The van der Waals surface area contributed by atoms with Crippen LogP contribution < -0.4 is 0 Å². The number of carboxylic acids is 1. The van der Waals surface area contributed by atoms with Crippen LogP contribution in [0.1, 0.15) is 34.0 Å². The minimum atomic E-state index is -1.36. The first-order chi connectivity index (χ1) is 7.41. The van der Waals surface area contributed by atoms with Gasteiger partial charge in [-0.05, 0) is 19.1 Å². The Morgan fingerprint density at radius 2 is 2.00 bits per heavy atom. The number of rotatable bonds is 5. The minimum absolute atomic E-state index is 0.129. The van der Waals surface area contributed by atoms with E-state index < -0.39 is 24.6 Å². The Bertz CT molecular complexity index is 398. The molecule has 1 aromatic heterocycles. The summed E-state index contributed by atoms with van der Waals surface area (Å²) in [4.78, 5) is 22.2. The molecular weight excluding hydrogens is 232 g/mol. The maximum Gasteiger partial charge on any atom is 0.306 e. The Morgan fingerprint density at radius 3 is 2.44 bits per heavy atom. The Morgan fingerprint density at radius 1 is 1.38 bits per heavy atom. The van der Waals surface area contributed by atoms with Crippen LogP contribution in [-0.4, -0.2) is 33.2 Å². The van der Waals surface area contributed by atoms with Crippen molar-refractivity contribution in [3.63, 3.8) is 0 Å². The molecule has 16 heavy (non-hydrogen) atoms. The Labute approximate surface area is 96.0 Å². The smallest absolute Gasteiger partial charge is 0.306 e. The minimum Gasteiger partial charge on any atom is -0.481 e. The normalized spacial score (nSPS) is 14.4. The number of hydrogen-bond donors (Lipinski definition) is 3. The van der Waals surface area contributed by atoms with Crippen molar-refractivity contribution in [2.24, 2.45) is 0 Å². The van der Waals surface area contributed by atoms with Gasteiger partial charge in [0, 0.05) is 4.88 Å². The molecule has 0 bridgehead atoms. The lowest BCUT2D eigenvalue weighted by atomic mass is 10.1. The van der Waals surface area contributed by atoms with Crippen LogP contribution in [0.15, 0.2) is 12.1 Å². The summed E-state index contributed by atoms with van der Waals surface area (Å²) in [6.07, 6.45) is -3.17. The summed E-state index contributed by atoms with van der Waals surface area (Å²) >= 11 is 1.05. The molecule has 3 N–H and O–H groups in total. The summed E-state index contributed by atoms with van der Waals surface area (Å²) in [6, 6.07) is 3.05. The highest BCUT2D eigenvalue weighted by Crippen LogP contribution is 2.26. The number of carbonyl (C=O) groups excluding carboxylic acids is 1. The van der Waals surface area contributed by atoms with Crippen molar-refractivity contribution in [2.75, 3.05) is 0 Å². The SMILES string of the molecule is CC(=O)c1ccc(C(O)C(O)CC(=O)O)s1. The number of hydrogen-bond acceptors (Lipinski definition) is 5. The zero-order valence-electron chi connectivity index (χ0n) is 8.58. The van der Waals surface area contributed by atoms with Gasteiger partial charge in [0.05, 0.1) is 17.4 Å². The number of Topliss-reactive ketones (excluding diaryl/α,β-unsaturated/α-hetero) is 1. The molecule has 0 amide bonds. The lowest BCUT2D eigenvalue weighted by Gasteiger charge is -2.13. The lowest BCUT2D eigenvalue weighted by molar-refractivity contribution is -0.141. The van der Waals surface area contributed by atoms with Crippen molar-refractivity contribution in [3.8, 4) is 0 Å². The van der Waals surface area contributed by atoms with Crippen LogP contribution in [-0.2, 0) is 4.79 Å². The Hall–Kier alpha value is -1.24. The predicted molar refractivity (Wildman–Crippen MR) is 57.5 cm³/mol. The van der Waals surface area contributed by atoms with Gasteiger partial charge in [-0.15, -0.1) is 11.3 Å². The van der Waals surface area contributed by atoms with Gasteiger partial charge < -0.3 is 15.3 Å². The molecule has 0 saturated heterocycles. The van der Waals surface area contributed by atoms with Crippen LogP contribution in [0.3, 0.4) is 0 Å². The third-order valence-corrected chi connectivity index (χ3v) is 3.27. The molecule has 0 spiro atoms. The van der Waals surface area contributed by atoms with E-state index in [1.807, 2.05) is 0 Å². The number of thiophene rings is 1. The second-order valence-electron chi connectivity index (χ2n) is 3.37. The summed E-state index contributed by atoms with van der Waals surface area (Å²) in [5.74, 6) is -1.31. The van der Waals surface area contributed by atoms with Crippen LogP contribution in [0.2, 0.25) is 0 Å². The summed E-state index contributed by atoms with van der Waals surface area (Å²) in [5, 5.41) is 27.5. The zero-order valence-corrected chi connectivity index (χ0v) is 9.40. The molecule has 0 fully saturated rings. The molecule has 6 heteroatoms. The molecule has 0 saturated carbocycles. The van der Waals surface area contributed by atoms with E-state index in [4.69, 9.17) is 5.11 Å². The first kappa shape index (κ1) is 12.8. The van der Waals surface area contributed by atoms with Crippen LogP contribution in [0.4, 0.5) is 0 Å². The highest BCUT2D eigenvalue weighted by molar-refractivity contribution is 7.14. The van der Waals surface area contributed by atoms with E-state index in [0.717, 1.165) is 11.3 Å². The molecule has 2 atom stereocenters. The van der Waals surface area contributed by atoms with Gasteiger partial charge in [-0.3, -0.25) is 9.59 Å². The number of carbonyl (C=O) groups is 2. The average Bonchev–Trinajstić information content (AvgIpc) is 2.64. The predicted octanol–water partition coefficient (Wildman–Crippen LogP) is 0.820. The molecule has 1 heterocycles. The Kier molecular flexibility index (Phi) is 4.17. The quantitative estimate of drug-likeness (QED) is 0.666. The number of ketones is 1. The van der Waals surface area contributed by atoms with E-state index in [9.17, 15) is 19.8 Å². The van der Waals surface area contributed by atoms with Crippen molar-refractivity contribution in [2.45, 2.75) is 25.6 Å². The maximum absolute atomic E-state index is 11.0. The zero-order chi connectivity index (χ0) is 12.3. The van der Waals surface area contributed by atoms with Gasteiger partial charge in [0.2, 0.25) is 0 Å². The molecule has 0 aromatic carbocycles. The largest absolute Gasteiger partial charge is 0.481 e. The average molecular weight is 244 g/mol. The van der Waals surface area contributed by atoms with Gasteiger partial charge in [0.1, 0.15) is 6.10 Å². The maximum atomic E-state index is 11.0. The summed E-state index contributed by atoms with van der Waals surface area (Å²) in [5.41, 5.74) is 0. The number of carboxylic acid groups (broad SMARTS) is 1. The molecular formula is C10H12O5S. The number of aliphatic carboxylic acids is 1. The van der Waals surface area contributed by atoms with Crippen LogP contribution in [0, 0.1) is 0 Å². The molecule has 2 unspecified atom stereocenters. The van der Waals surface area contributed by atoms with Crippen LogP contribution >= 0.6 is 11.3 Å². The van der Waals surface area contributed by atoms with E-state index in [1.165, 1.54) is 13.0 Å². The van der Waals surface area contributed by atoms with E-state index in [1.54, 1.807) is 6.07 Å². The van der Waals surface area contributed by atoms with E-state index >= 15 is 0 Å². The molecule has 0 aliphatic heterocycles. The molecule has 1 aromatic rings. The fraction of sp³-hybridized carbons (Fsp3) is 0.400. The van der Waals surface area contributed by atoms with Crippen molar-refractivity contribution in [1.29, 1.82) is 0 Å². The van der Waals surface area contributed by atoms with Crippen molar-refractivity contribution in [1.82, 2.24) is 0 Å². The molecule has 0 radical (unpaired) electrons. The molecule has 1 rings (SSSR count). The standard InChI is InChI=1S/C10H12O5S/c1-5(11)7-2-3-8(16-7)10(15)6(12)4-9(13)14/h2-3,6,10,12,15H,4H2,1H3,(H,13,14). The number of aliphatic hydroxyl groups is 2. The van der Waals surface area contributed by atoms with Gasteiger partial charge in [-0.25, -0.2) is 0 Å². The fourth-order valence-corrected chi connectivity index (χ4v) is 2.13. The van der Waals surface area contributed by atoms with Crippen LogP contribution in [0.25, 0.3) is 0 Å². The second kappa shape index (κ2) is 5.20. The topological polar surface area (TPSA) is 94.8 Å². The van der Waals surface area contributed by atoms with Gasteiger partial charge >= 0.3 is 5.97 Å². The van der Waals surface area contributed by atoms with Gasteiger partial charge in [0.25, 0.3) is 0 Å². The first-order valence-corrected chi connectivity index (χ1v) is 5.42. The summed E-state index contributed by atoms with van der Waals surface area (Å²) in [7, 11) is 0. The monoisotopic (exact) mass is 244 g/mol. The molecule has 0 aliphatic rings. The van der Waals surface area contributed by atoms with Crippen molar-refractivity contribution in [3.05, 3.63) is 21.9 Å². The highest BCUT2D eigenvalue weighted by Gasteiger charge is 2.23. The molecule has 88 valence electrons. The van der Waals surface area contributed by atoms with Gasteiger partial charge in [-0.1, -0.05) is 0 Å². The van der Waals surface area contributed by atoms with Crippen molar-refractivity contribution < 1.29 is 24.9 Å². The summed E-state index contributed by atoms with van der Waals surface area (Å²) < 4.78 is 0. The van der Waals surface area contributed by atoms with E-state index in [2.05, 4.69) is 0 Å². The lowest BCUT2D eigenvalue weighted by Crippen LogP contribution is -2.20. The second-order valence-corrected chi connectivity index (χ2v) is 4.48. The highest BCUT2D eigenvalue weighted by atomic mass is 32.1. The number of aliphatic hydroxyl groups excluding tert-OH is 2. The van der Waals surface area contributed by atoms with Crippen LogP contribution in [0.5, 0.6) is 0 Å². The first-order valence-electron chi connectivity index (χ1n) is 4.60. The van der Waals surface area contributed by atoms with E-state index in [-0.39, 0.29) is 5.78 Å². The van der Waals surface area contributed by atoms with Crippen molar-refractivity contribution >= 4 is 23.1 Å². The summed E-state index contributed by atoms with van der Waals surface area (Å²) in [6.45, 7) is 1.40. The third kappa shape index (κ3) is 3.13. The van der Waals surface area contributed by atoms with Gasteiger partial charge in [0.15, 0.2) is 5.78 Å². The fourth-order valence-electron chi connectivity index (χ4n) is 1.18. The molecule has 5 nitrogen and oxygen atoms in total. The van der Waals surface area contributed by atoms with Gasteiger partial charge in [-0.2, -0.15) is 0 Å². The molecule has 0 aliphatic carbocycles. The van der Waals surface area contributed by atoms with E-state index in [0.29, 0.717) is 9.75 Å².